The van der Waals surface area contributed by atoms with Crippen molar-refractivity contribution in [2.75, 3.05) is 11.5 Å². The summed E-state index contributed by atoms with van der Waals surface area (Å²) in [5, 5.41) is 6.44. The van der Waals surface area contributed by atoms with Gasteiger partial charge in [0.25, 0.3) is 0 Å². The van der Waals surface area contributed by atoms with Crippen LogP contribution in [0.3, 0.4) is 0 Å². The molecule has 0 atom stereocenters. The van der Waals surface area contributed by atoms with E-state index in [9.17, 15) is 9.18 Å². The van der Waals surface area contributed by atoms with Crippen LogP contribution in [0.2, 0.25) is 5.02 Å². The first kappa shape index (κ1) is 13.3. The molecule has 0 spiro atoms. The highest BCUT2D eigenvalue weighted by atomic mass is 35.5. The summed E-state index contributed by atoms with van der Waals surface area (Å²) in [6.45, 7) is 0. The largest absolute Gasteiger partial charge is 0.398 e. The Morgan fingerprint density at radius 2 is 2.15 bits per heavy atom. The molecule has 0 radical (unpaired) electrons. The number of hydrogen-bond acceptors (Lipinski definition) is 5. The zero-order valence-electron chi connectivity index (χ0n) is 10.2. The number of rotatable bonds is 3. The Hall–Kier alpha value is -1.67. The second kappa shape index (κ2) is 4.71. The number of nitrogen functional groups attached to an aromatic ring is 2. The lowest BCUT2D eigenvalue weighted by atomic mass is 10.3. The molecule has 5 N–H and O–H groups in total. The molecule has 1 fully saturated rings. The van der Waals surface area contributed by atoms with Gasteiger partial charge in [0.1, 0.15) is 5.02 Å². The van der Waals surface area contributed by atoms with Crippen LogP contribution in [0.4, 0.5) is 15.8 Å². The molecule has 9 heteroatoms. The minimum atomic E-state index is -0.702. The second-order valence-corrected chi connectivity index (χ2v) is 5.88. The van der Waals surface area contributed by atoms with Gasteiger partial charge < -0.3 is 11.5 Å². The summed E-state index contributed by atoms with van der Waals surface area (Å²) in [5.74, 6) is -0.702. The molecule has 1 heterocycles. The van der Waals surface area contributed by atoms with Gasteiger partial charge in [0, 0.05) is 6.04 Å². The molecule has 106 valence electrons. The molecule has 2 aromatic rings. The van der Waals surface area contributed by atoms with Gasteiger partial charge in [-0.25, -0.2) is 14.3 Å². The van der Waals surface area contributed by atoms with Gasteiger partial charge in [0.05, 0.1) is 16.3 Å². The molecule has 1 aliphatic carbocycles. The maximum Gasteiger partial charge on any atom is 0.344 e. The van der Waals surface area contributed by atoms with E-state index >= 15 is 0 Å². The summed E-state index contributed by atoms with van der Waals surface area (Å²) in [4.78, 5) is 11.8. The normalized spacial score (nSPS) is 14.7. The standard InChI is InChI=1S/C11H11ClFN5OS/c12-7-5(14)3-6(15)9(8(7)13)20-11-17-16-10(19)18(11)4-1-2-4/h3-4H,1-2,14-15H2,(H,16,19). The first-order valence-corrected chi connectivity index (χ1v) is 7.06. The number of nitrogens with one attached hydrogen (secondary N) is 1. The summed E-state index contributed by atoms with van der Waals surface area (Å²) >= 11 is 6.74. The Bertz CT molecular complexity index is 739. The van der Waals surface area contributed by atoms with E-state index in [0.717, 1.165) is 24.6 Å². The Labute approximate surface area is 122 Å². The van der Waals surface area contributed by atoms with E-state index in [0.29, 0.717) is 5.16 Å². The van der Waals surface area contributed by atoms with Gasteiger partial charge in [0.2, 0.25) is 0 Å². The van der Waals surface area contributed by atoms with Crippen LogP contribution in [0.5, 0.6) is 0 Å². The molecule has 1 aliphatic rings. The maximum atomic E-state index is 14.1. The monoisotopic (exact) mass is 315 g/mol. The molecule has 20 heavy (non-hydrogen) atoms. The van der Waals surface area contributed by atoms with E-state index in [4.69, 9.17) is 23.1 Å². The maximum absolute atomic E-state index is 14.1. The third-order valence-corrected chi connectivity index (χ3v) is 4.47. The molecule has 3 rings (SSSR count). The zero-order valence-corrected chi connectivity index (χ0v) is 11.8. The summed E-state index contributed by atoms with van der Waals surface area (Å²) in [6, 6.07) is 1.51. The lowest BCUT2D eigenvalue weighted by Crippen LogP contribution is -2.16. The minimum Gasteiger partial charge on any atom is -0.398 e. The van der Waals surface area contributed by atoms with Gasteiger partial charge in [-0.15, -0.1) is 5.10 Å². The Morgan fingerprint density at radius 3 is 2.80 bits per heavy atom. The molecule has 0 bridgehead atoms. The van der Waals surface area contributed by atoms with Gasteiger partial charge in [-0.3, -0.25) is 4.57 Å². The smallest absolute Gasteiger partial charge is 0.344 e. The highest BCUT2D eigenvalue weighted by Crippen LogP contribution is 2.41. The topological polar surface area (TPSA) is 103 Å². The van der Waals surface area contributed by atoms with E-state index in [1.165, 1.54) is 10.6 Å². The van der Waals surface area contributed by atoms with Crippen molar-refractivity contribution in [3.63, 3.8) is 0 Å². The Morgan fingerprint density at radius 1 is 1.45 bits per heavy atom. The molecule has 1 aromatic carbocycles. The van der Waals surface area contributed by atoms with Crippen molar-refractivity contribution < 1.29 is 4.39 Å². The number of hydrogen-bond donors (Lipinski definition) is 3. The molecule has 1 saturated carbocycles. The van der Waals surface area contributed by atoms with Crippen molar-refractivity contribution in [1.29, 1.82) is 0 Å². The predicted octanol–water partition coefficient (Wildman–Crippen LogP) is 2.01. The van der Waals surface area contributed by atoms with E-state index in [1.807, 2.05) is 0 Å². The van der Waals surface area contributed by atoms with Crippen LogP contribution in [0.1, 0.15) is 18.9 Å². The summed E-state index contributed by atoms with van der Waals surface area (Å²) in [6.07, 6.45) is 1.82. The third-order valence-electron chi connectivity index (χ3n) is 3.00. The number of halogens is 2. The molecule has 0 amide bonds. The van der Waals surface area contributed by atoms with E-state index < -0.39 is 5.82 Å². The number of benzene rings is 1. The van der Waals surface area contributed by atoms with Gasteiger partial charge in [-0.05, 0) is 30.7 Å². The highest BCUT2D eigenvalue weighted by molar-refractivity contribution is 7.99. The fourth-order valence-electron chi connectivity index (χ4n) is 1.86. The highest BCUT2D eigenvalue weighted by Gasteiger charge is 2.29. The van der Waals surface area contributed by atoms with Crippen LogP contribution >= 0.6 is 23.4 Å². The minimum absolute atomic E-state index is 0.0765. The summed E-state index contributed by atoms with van der Waals surface area (Å²) < 4.78 is 15.6. The number of nitrogens with zero attached hydrogens (tertiary/aromatic N) is 2. The number of anilines is 2. The van der Waals surface area contributed by atoms with Crippen LogP contribution in [0.25, 0.3) is 0 Å². The number of nitrogens with two attached hydrogens (primary N) is 2. The number of H-pyrrole nitrogens is 1. The molecule has 6 nitrogen and oxygen atoms in total. The van der Waals surface area contributed by atoms with Crippen LogP contribution in [0.15, 0.2) is 20.9 Å². The first-order chi connectivity index (χ1) is 9.49. The Balaban J connectivity index is 2.04. The SMILES string of the molecule is Nc1cc(N)c(Sc2n[nH]c(=O)n2C2CC2)c(F)c1Cl. The van der Waals surface area contributed by atoms with Crippen molar-refractivity contribution in [3.05, 3.63) is 27.4 Å². The van der Waals surface area contributed by atoms with Crippen LogP contribution < -0.4 is 17.2 Å². The fraction of sp³-hybridized carbons (Fsp3) is 0.273. The number of aromatic nitrogens is 3. The van der Waals surface area contributed by atoms with Crippen molar-refractivity contribution >= 4 is 34.7 Å². The van der Waals surface area contributed by atoms with Crippen molar-refractivity contribution in [2.45, 2.75) is 28.9 Å². The quantitative estimate of drug-likeness (QED) is 0.752. The van der Waals surface area contributed by atoms with Gasteiger partial charge in [-0.1, -0.05) is 11.6 Å². The number of aromatic amines is 1. The lowest BCUT2D eigenvalue weighted by molar-refractivity contribution is 0.602. The van der Waals surface area contributed by atoms with Crippen LogP contribution in [-0.2, 0) is 0 Å². The van der Waals surface area contributed by atoms with E-state index in [1.54, 1.807) is 0 Å². The molecule has 0 unspecified atom stereocenters. The molecule has 0 aliphatic heterocycles. The molecule has 1 aromatic heterocycles. The molecular weight excluding hydrogens is 305 g/mol. The first-order valence-electron chi connectivity index (χ1n) is 5.86. The van der Waals surface area contributed by atoms with Gasteiger partial charge >= 0.3 is 5.69 Å². The Kier molecular flexibility index (Phi) is 3.14. The second-order valence-electron chi connectivity index (χ2n) is 4.53. The average Bonchev–Trinajstić information content (AvgIpc) is 3.17. The van der Waals surface area contributed by atoms with Gasteiger partial charge in [0.15, 0.2) is 11.0 Å². The van der Waals surface area contributed by atoms with E-state index in [2.05, 4.69) is 10.2 Å². The van der Waals surface area contributed by atoms with Crippen LogP contribution in [-0.4, -0.2) is 14.8 Å². The molecular formula is C11H11ClFN5OS. The summed E-state index contributed by atoms with van der Waals surface area (Å²) in [5.41, 5.74) is 11.2. The molecule has 0 saturated heterocycles. The third kappa shape index (κ3) is 2.14. The van der Waals surface area contributed by atoms with Crippen LogP contribution in [0, 0.1) is 5.82 Å². The van der Waals surface area contributed by atoms with Crippen molar-refractivity contribution in [1.82, 2.24) is 14.8 Å². The lowest BCUT2D eigenvalue weighted by Gasteiger charge is -2.10. The average molecular weight is 316 g/mol. The zero-order chi connectivity index (χ0) is 14.4. The fourth-order valence-corrected chi connectivity index (χ4v) is 3.04. The van der Waals surface area contributed by atoms with Crippen molar-refractivity contribution in [3.8, 4) is 0 Å². The van der Waals surface area contributed by atoms with Gasteiger partial charge in [-0.2, -0.15) is 0 Å². The summed E-state index contributed by atoms with van der Waals surface area (Å²) in [7, 11) is 0. The van der Waals surface area contributed by atoms with E-state index in [-0.39, 0.29) is 33.0 Å². The predicted molar refractivity (Wildman–Crippen MR) is 75.5 cm³/mol. The van der Waals surface area contributed by atoms with Crippen molar-refractivity contribution in [2.24, 2.45) is 0 Å².